The molecule has 0 bridgehead atoms. The SMILES string of the molecule is CCC(N)C(c1ccccc1Br)N1CCN(C)C(C)(C)C1. The van der Waals surface area contributed by atoms with E-state index in [9.17, 15) is 0 Å². The van der Waals surface area contributed by atoms with Crippen molar-refractivity contribution >= 4 is 15.9 Å². The number of piperazine rings is 1. The van der Waals surface area contributed by atoms with Gasteiger partial charge in [0.25, 0.3) is 0 Å². The lowest BCUT2D eigenvalue weighted by Crippen LogP contribution is -2.59. The summed E-state index contributed by atoms with van der Waals surface area (Å²) in [4.78, 5) is 5.01. The molecule has 21 heavy (non-hydrogen) atoms. The standard InChI is InChI=1S/C17H28BrN3/c1-5-15(19)16(13-8-6-7-9-14(13)18)21-11-10-20(4)17(2,3)12-21/h6-9,15-16H,5,10-12,19H2,1-4H3. The number of nitrogens with two attached hydrogens (primary N) is 1. The van der Waals surface area contributed by atoms with Gasteiger partial charge in [-0.1, -0.05) is 41.1 Å². The maximum Gasteiger partial charge on any atom is 0.0511 e. The summed E-state index contributed by atoms with van der Waals surface area (Å²) >= 11 is 3.71. The van der Waals surface area contributed by atoms with Crippen molar-refractivity contribution in [3.8, 4) is 0 Å². The Labute approximate surface area is 137 Å². The lowest BCUT2D eigenvalue weighted by atomic mass is 9.92. The van der Waals surface area contributed by atoms with Crippen LogP contribution in [0.3, 0.4) is 0 Å². The minimum Gasteiger partial charge on any atom is -0.326 e. The third-order valence-corrected chi connectivity index (χ3v) is 5.56. The van der Waals surface area contributed by atoms with Gasteiger partial charge in [0.1, 0.15) is 0 Å². The van der Waals surface area contributed by atoms with E-state index < -0.39 is 0 Å². The summed E-state index contributed by atoms with van der Waals surface area (Å²) in [6.07, 6.45) is 0.985. The van der Waals surface area contributed by atoms with Crippen LogP contribution in [0.1, 0.15) is 38.8 Å². The highest BCUT2D eigenvalue weighted by molar-refractivity contribution is 9.10. The molecule has 1 aliphatic rings. The quantitative estimate of drug-likeness (QED) is 0.901. The molecule has 3 nitrogen and oxygen atoms in total. The fraction of sp³-hybridized carbons (Fsp3) is 0.647. The van der Waals surface area contributed by atoms with Gasteiger partial charge in [-0.3, -0.25) is 9.80 Å². The van der Waals surface area contributed by atoms with Gasteiger partial charge in [0.05, 0.1) is 6.04 Å². The van der Waals surface area contributed by atoms with Crippen LogP contribution in [-0.2, 0) is 0 Å². The summed E-state index contributed by atoms with van der Waals surface area (Å²) in [7, 11) is 2.21. The molecule has 0 amide bonds. The maximum absolute atomic E-state index is 6.50. The van der Waals surface area contributed by atoms with Gasteiger partial charge in [-0.25, -0.2) is 0 Å². The van der Waals surface area contributed by atoms with Crippen molar-refractivity contribution in [2.45, 2.75) is 44.8 Å². The van der Waals surface area contributed by atoms with Gasteiger partial charge in [0.15, 0.2) is 0 Å². The second-order valence-corrected chi connectivity index (χ2v) is 7.60. The van der Waals surface area contributed by atoms with Crippen LogP contribution >= 0.6 is 15.9 Å². The fourth-order valence-corrected chi connectivity index (χ4v) is 3.67. The highest BCUT2D eigenvalue weighted by Gasteiger charge is 2.36. The van der Waals surface area contributed by atoms with Crippen molar-refractivity contribution in [1.29, 1.82) is 0 Å². The van der Waals surface area contributed by atoms with Gasteiger partial charge in [-0.15, -0.1) is 0 Å². The largest absolute Gasteiger partial charge is 0.326 e. The molecule has 0 saturated carbocycles. The van der Waals surface area contributed by atoms with Gasteiger partial charge in [-0.2, -0.15) is 0 Å². The Kier molecular flexibility index (Phi) is 5.47. The molecule has 0 aromatic heterocycles. The van der Waals surface area contributed by atoms with Gasteiger partial charge in [0.2, 0.25) is 0 Å². The Hall–Kier alpha value is -0.420. The molecular formula is C17H28BrN3. The van der Waals surface area contributed by atoms with Crippen LogP contribution in [-0.4, -0.2) is 48.1 Å². The minimum absolute atomic E-state index is 0.155. The molecule has 4 heteroatoms. The zero-order chi connectivity index (χ0) is 15.6. The van der Waals surface area contributed by atoms with Crippen molar-refractivity contribution < 1.29 is 0 Å². The van der Waals surface area contributed by atoms with E-state index in [2.05, 4.69) is 77.8 Å². The summed E-state index contributed by atoms with van der Waals surface area (Å²) in [6, 6.07) is 8.93. The molecule has 1 aliphatic heterocycles. The number of halogens is 1. The molecule has 2 unspecified atom stereocenters. The van der Waals surface area contributed by atoms with Crippen LogP contribution in [0.4, 0.5) is 0 Å². The third kappa shape index (κ3) is 3.67. The molecule has 1 aromatic carbocycles. The smallest absolute Gasteiger partial charge is 0.0511 e. The van der Waals surface area contributed by atoms with Gasteiger partial charge >= 0.3 is 0 Å². The highest BCUT2D eigenvalue weighted by Crippen LogP contribution is 2.34. The minimum atomic E-state index is 0.155. The molecular weight excluding hydrogens is 326 g/mol. The first kappa shape index (κ1) is 16.9. The summed E-state index contributed by atoms with van der Waals surface area (Å²) < 4.78 is 1.16. The van der Waals surface area contributed by atoms with Gasteiger partial charge in [0, 0.05) is 35.7 Å². The summed E-state index contributed by atoms with van der Waals surface area (Å²) in [5.41, 5.74) is 7.99. The molecule has 0 aliphatic carbocycles. The van der Waals surface area contributed by atoms with E-state index in [-0.39, 0.29) is 17.6 Å². The Morgan fingerprint density at radius 3 is 2.52 bits per heavy atom. The van der Waals surface area contributed by atoms with Crippen LogP contribution < -0.4 is 5.73 Å². The Balaban J connectivity index is 2.32. The lowest BCUT2D eigenvalue weighted by molar-refractivity contribution is 0.00937. The second kappa shape index (κ2) is 6.78. The molecule has 1 aromatic rings. The molecule has 2 rings (SSSR count). The first-order valence-electron chi connectivity index (χ1n) is 7.82. The molecule has 2 N–H and O–H groups in total. The van der Waals surface area contributed by atoms with Gasteiger partial charge < -0.3 is 5.73 Å². The van der Waals surface area contributed by atoms with Crippen LogP contribution in [0.25, 0.3) is 0 Å². The second-order valence-electron chi connectivity index (χ2n) is 6.74. The first-order valence-corrected chi connectivity index (χ1v) is 8.61. The van der Waals surface area contributed by atoms with Crippen molar-refractivity contribution in [2.75, 3.05) is 26.7 Å². The zero-order valence-corrected chi connectivity index (χ0v) is 15.2. The zero-order valence-electron chi connectivity index (χ0n) is 13.6. The van der Waals surface area contributed by atoms with E-state index in [0.29, 0.717) is 0 Å². The van der Waals surface area contributed by atoms with Crippen molar-refractivity contribution in [2.24, 2.45) is 5.73 Å². The summed E-state index contributed by atoms with van der Waals surface area (Å²) in [5, 5.41) is 0. The first-order chi connectivity index (χ1) is 9.86. The van der Waals surface area contributed by atoms with Crippen LogP contribution in [0.15, 0.2) is 28.7 Å². The van der Waals surface area contributed by atoms with Crippen LogP contribution in [0, 0.1) is 0 Å². The monoisotopic (exact) mass is 353 g/mol. The number of rotatable bonds is 4. The number of likely N-dealkylation sites (N-methyl/N-ethyl adjacent to an activating group) is 1. The van der Waals surface area contributed by atoms with E-state index in [4.69, 9.17) is 5.73 Å². The van der Waals surface area contributed by atoms with Crippen molar-refractivity contribution in [1.82, 2.24) is 9.80 Å². The number of benzene rings is 1. The van der Waals surface area contributed by atoms with E-state index >= 15 is 0 Å². The normalized spacial score (nSPS) is 23.0. The topological polar surface area (TPSA) is 32.5 Å². The molecule has 1 saturated heterocycles. The Morgan fingerprint density at radius 2 is 1.95 bits per heavy atom. The lowest BCUT2D eigenvalue weighted by Gasteiger charge is -2.49. The van der Waals surface area contributed by atoms with Crippen molar-refractivity contribution in [3.63, 3.8) is 0 Å². The van der Waals surface area contributed by atoms with E-state index in [1.165, 1.54) is 5.56 Å². The third-order valence-electron chi connectivity index (χ3n) is 4.84. The average Bonchev–Trinajstić information content (AvgIpc) is 2.44. The number of nitrogens with zero attached hydrogens (tertiary/aromatic N) is 2. The Bertz CT molecular complexity index is 475. The number of hydrogen-bond acceptors (Lipinski definition) is 3. The van der Waals surface area contributed by atoms with Crippen LogP contribution in [0.2, 0.25) is 0 Å². The molecule has 1 fully saturated rings. The van der Waals surface area contributed by atoms with E-state index in [1.54, 1.807) is 0 Å². The van der Waals surface area contributed by atoms with E-state index in [1.807, 2.05) is 0 Å². The predicted molar refractivity (Wildman–Crippen MR) is 93.4 cm³/mol. The number of hydrogen-bond donors (Lipinski definition) is 1. The summed E-state index contributed by atoms with van der Waals surface area (Å²) in [6.45, 7) is 10.0. The van der Waals surface area contributed by atoms with Crippen molar-refractivity contribution in [3.05, 3.63) is 34.3 Å². The maximum atomic E-state index is 6.50. The molecule has 1 heterocycles. The van der Waals surface area contributed by atoms with Crippen LogP contribution in [0.5, 0.6) is 0 Å². The molecule has 0 radical (unpaired) electrons. The summed E-state index contributed by atoms with van der Waals surface area (Å²) in [5.74, 6) is 0. The highest BCUT2D eigenvalue weighted by atomic mass is 79.9. The fourth-order valence-electron chi connectivity index (χ4n) is 3.15. The average molecular weight is 354 g/mol. The molecule has 0 spiro atoms. The Morgan fingerprint density at radius 1 is 1.29 bits per heavy atom. The predicted octanol–water partition coefficient (Wildman–Crippen LogP) is 3.25. The van der Waals surface area contributed by atoms with Gasteiger partial charge in [-0.05, 0) is 38.9 Å². The van der Waals surface area contributed by atoms with E-state index in [0.717, 1.165) is 30.5 Å². The molecule has 118 valence electrons. The molecule has 2 atom stereocenters.